The smallest absolute Gasteiger partial charge is 0.253 e. The monoisotopic (exact) mass is 506 g/mol. The first-order chi connectivity index (χ1) is 18.0. The van der Waals surface area contributed by atoms with Crippen LogP contribution in [0.4, 0.5) is 23.0 Å². The van der Waals surface area contributed by atoms with Crippen LogP contribution in [-0.4, -0.2) is 54.1 Å². The summed E-state index contributed by atoms with van der Waals surface area (Å²) in [5.41, 5.74) is 2.31. The number of carbonyl (C=O) groups is 2. The summed E-state index contributed by atoms with van der Waals surface area (Å²) in [5, 5.41) is 6.42. The van der Waals surface area contributed by atoms with Gasteiger partial charge in [-0.3, -0.25) is 9.59 Å². The molecule has 2 aromatic rings. The molecule has 2 saturated carbocycles. The van der Waals surface area contributed by atoms with Crippen molar-refractivity contribution in [1.82, 2.24) is 15.3 Å². The molecule has 1 atom stereocenters. The molecule has 2 aromatic heterocycles. The number of pyridine rings is 2. The van der Waals surface area contributed by atoms with E-state index in [9.17, 15) is 9.59 Å². The van der Waals surface area contributed by atoms with Gasteiger partial charge in [-0.2, -0.15) is 0 Å². The molecule has 0 aromatic carbocycles. The third-order valence-electron chi connectivity index (χ3n) is 8.08. The molecule has 1 aliphatic heterocycles. The van der Waals surface area contributed by atoms with Gasteiger partial charge in [0.25, 0.3) is 5.91 Å². The van der Waals surface area contributed by atoms with E-state index < -0.39 is 0 Å². The number of rotatable bonds is 7. The number of ether oxygens (including phenoxy) is 1. The van der Waals surface area contributed by atoms with Crippen LogP contribution < -0.4 is 25.2 Å². The van der Waals surface area contributed by atoms with E-state index in [2.05, 4.69) is 32.4 Å². The number of fused-ring (bicyclic) bond motifs is 1. The molecule has 37 heavy (non-hydrogen) atoms. The zero-order chi connectivity index (χ0) is 25.9. The average molecular weight is 507 g/mol. The molecule has 0 spiro atoms. The molecule has 2 aliphatic carbocycles. The fourth-order valence-corrected chi connectivity index (χ4v) is 6.06. The Bertz CT molecular complexity index is 1140. The van der Waals surface area contributed by atoms with Crippen molar-refractivity contribution in [2.24, 2.45) is 0 Å². The fraction of sp³-hybridized carbons (Fsp3) is 0.571. The summed E-state index contributed by atoms with van der Waals surface area (Å²) in [5.74, 6) is 1.58. The first-order valence-electron chi connectivity index (χ1n) is 13.7. The minimum absolute atomic E-state index is 0.120. The Balaban J connectivity index is 1.40. The highest BCUT2D eigenvalue weighted by atomic mass is 16.5. The third-order valence-corrected chi connectivity index (χ3v) is 8.08. The van der Waals surface area contributed by atoms with E-state index in [1.807, 2.05) is 13.1 Å². The van der Waals surface area contributed by atoms with Crippen LogP contribution in [0.1, 0.15) is 81.5 Å². The number of anilines is 4. The second kappa shape index (κ2) is 10.9. The lowest BCUT2D eigenvalue weighted by Gasteiger charge is -2.44. The lowest BCUT2D eigenvalue weighted by atomic mass is 9.95. The molecular weight excluding hydrogens is 468 g/mol. The number of amides is 2. The number of carbonyl (C=O) groups excluding carboxylic acids is 2. The fourth-order valence-electron chi connectivity index (χ4n) is 6.06. The Hall–Kier alpha value is -3.36. The van der Waals surface area contributed by atoms with Crippen LogP contribution in [0, 0.1) is 0 Å². The quantitative estimate of drug-likeness (QED) is 0.557. The van der Waals surface area contributed by atoms with E-state index in [0.29, 0.717) is 29.0 Å². The maximum absolute atomic E-state index is 13.1. The molecule has 3 heterocycles. The highest BCUT2D eigenvalue weighted by molar-refractivity contribution is 6.05. The zero-order valence-corrected chi connectivity index (χ0v) is 22.1. The maximum atomic E-state index is 13.1. The second-order valence-corrected chi connectivity index (χ2v) is 10.4. The van der Waals surface area contributed by atoms with E-state index in [0.717, 1.165) is 56.3 Å². The van der Waals surface area contributed by atoms with Crippen LogP contribution in [0.3, 0.4) is 0 Å². The van der Waals surface area contributed by atoms with E-state index in [-0.39, 0.29) is 23.9 Å². The molecule has 0 radical (unpaired) electrons. The number of likely N-dealkylation sites (N-methyl/N-ethyl adjacent to an activating group) is 1. The van der Waals surface area contributed by atoms with Crippen LogP contribution >= 0.6 is 0 Å². The molecule has 0 unspecified atom stereocenters. The van der Waals surface area contributed by atoms with Crippen molar-refractivity contribution >= 4 is 34.8 Å². The van der Waals surface area contributed by atoms with Crippen LogP contribution in [0.25, 0.3) is 0 Å². The maximum Gasteiger partial charge on any atom is 0.253 e. The van der Waals surface area contributed by atoms with Gasteiger partial charge in [0.2, 0.25) is 5.91 Å². The first-order valence-corrected chi connectivity index (χ1v) is 13.7. The standard InChI is InChI=1S/C28H38N6O3/c1-4-21-28(36)33(2)23-17-29-25(15-22(23)34(21)20-12-8-9-13-20)32-26-24(37-3)14-18(16-30-26)27(35)31-19-10-6-5-7-11-19/h14-17,19-21H,4-13H2,1-3H3,(H,31,35)(H,29,30,32)/t21-/m1/s1. The van der Waals surface area contributed by atoms with Crippen molar-refractivity contribution in [2.75, 3.05) is 29.3 Å². The summed E-state index contributed by atoms with van der Waals surface area (Å²) in [4.78, 5) is 39.1. The molecular formula is C28H38N6O3. The summed E-state index contributed by atoms with van der Waals surface area (Å²) in [6.07, 6.45) is 14.3. The number of nitrogens with one attached hydrogen (secondary N) is 2. The van der Waals surface area contributed by atoms with Gasteiger partial charge in [0.05, 0.1) is 30.2 Å². The molecule has 2 amide bonds. The molecule has 9 heteroatoms. The number of hydrogen-bond acceptors (Lipinski definition) is 7. The zero-order valence-electron chi connectivity index (χ0n) is 22.1. The van der Waals surface area contributed by atoms with Gasteiger partial charge in [-0.1, -0.05) is 39.0 Å². The van der Waals surface area contributed by atoms with E-state index in [1.165, 1.54) is 19.3 Å². The third kappa shape index (κ3) is 5.08. The molecule has 2 N–H and O–H groups in total. The van der Waals surface area contributed by atoms with Gasteiger partial charge in [-0.25, -0.2) is 9.97 Å². The Labute approximate surface area is 219 Å². The Morgan fingerprint density at radius 1 is 1.03 bits per heavy atom. The van der Waals surface area contributed by atoms with Crippen LogP contribution in [0.15, 0.2) is 24.5 Å². The highest BCUT2D eigenvalue weighted by Crippen LogP contribution is 2.42. The summed E-state index contributed by atoms with van der Waals surface area (Å²) in [6, 6.07) is 4.13. The minimum Gasteiger partial charge on any atom is -0.493 e. The number of nitrogens with zero attached hydrogens (tertiary/aromatic N) is 4. The van der Waals surface area contributed by atoms with Crippen molar-refractivity contribution in [3.8, 4) is 5.75 Å². The predicted molar refractivity (Wildman–Crippen MR) is 145 cm³/mol. The van der Waals surface area contributed by atoms with Gasteiger partial charge in [0, 0.05) is 31.4 Å². The normalized spacial score (nSPS) is 20.6. The molecule has 5 rings (SSSR count). The number of hydrogen-bond donors (Lipinski definition) is 2. The molecule has 9 nitrogen and oxygen atoms in total. The first kappa shape index (κ1) is 25.3. The lowest BCUT2D eigenvalue weighted by molar-refractivity contribution is -0.120. The molecule has 198 valence electrons. The van der Waals surface area contributed by atoms with E-state index >= 15 is 0 Å². The Morgan fingerprint density at radius 2 is 1.76 bits per heavy atom. The van der Waals surface area contributed by atoms with Gasteiger partial charge in [-0.15, -0.1) is 0 Å². The van der Waals surface area contributed by atoms with Gasteiger partial charge in [0.1, 0.15) is 11.9 Å². The SMILES string of the molecule is CC[C@@H]1C(=O)N(C)c2cnc(Nc3ncc(C(=O)NC4CCCCC4)cc3OC)cc2N1C1CCCC1. The van der Waals surface area contributed by atoms with Crippen LogP contribution in [0.2, 0.25) is 0 Å². The number of aromatic nitrogens is 2. The lowest BCUT2D eigenvalue weighted by Crippen LogP contribution is -2.55. The van der Waals surface area contributed by atoms with Crippen molar-refractivity contribution in [2.45, 2.75) is 89.3 Å². The summed E-state index contributed by atoms with van der Waals surface area (Å²) >= 11 is 0. The second-order valence-electron chi connectivity index (χ2n) is 10.4. The van der Waals surface area contributed by atoms with Crippen molar-refractivity contribution in [3.05, 3.63) is 30.1 Å². The van der Waals surface area contributed by atoms with Crippen LogP contribution in [-0.2, 0) is 4.79 Å². The van der Waals surface area contributed by atoms with Crippen molar-refractivity contribution in [3.63, 3.8) is 0 Å². The summed E-state index contributed by atoms with van der Waals surface area (Å²) in [7, 11) is 3.39. The van der Waals surface area contributed by atoms with Crippen LogP contribution in [0.5, 0.6) is 5.75 Å². The van der Waals surface area contributed by atoms with Gasteiger partial charge >= 0.3 is 0 Å². The van der Waals surface area contributed by atoms with Crippen molar-refractivity contribution < 1.29 is 14.3 Å². The van der Waals surface area contributed by atoms with E-state index in [4.69, 9.17) is 4.74 Å². The predicted octanol–water partition coefficient (Wildman–Crippen LogP) is 4.80. The topological polar surface area (TPSA) is 99.7 Å². The minimum atomic E-state index is -0.175. The largest absolute Gasteiger partial charge is 0.493 e. The summed E-state index contributed by atoms with van der Waals surface area (Å²) < 4.78 is 5.58. The average Bonchev–Trinajstić information content (AvgIpc) is 3.46. The molecule has 0 saturated heterocycles. The molecule has 2 fully saturated rings. The number of methoxy groups -OCH3 is 1. The molecule has 3 aliphatic rings. The van der Waals surface area contributed by atoms with Crippen molar-refractivity contribution in [1.29, 1.82) is 0 Å². The summed E-state index contributed by atoms with van der Waals surface area (Å²) in [6.45, 7) is 2.07. The Morgan fingerprint density at radius 3 is 2.46 bits per heavy atom. The van der Waals surface area contributed by atoms with Gasteiger partial charge < -0.3 is 25.2 Å². The van der Waals surface area contributed by atoms with E-state index in [1.54, 1.807) is 30.5 Å². The Kier molecular flexibility index (Phi) is 7.48. The van der Waals surface area contributed by atoms with Gasteiger partial charge in [0.15, 0.2) is 11.6 Å². The molecule has 0 bridgehead atoms. The highest BCUT2D eigenvalue weighted by Gasteiger charge is 2.40. The van der Waals surface area contributed by atoms with Gasteiger partial charge in [-0.05, 0) is 38.2 Å².